The molecule has 2 nitrogen and oxygen atoms in total. The van der Waals surface area contributed by atoms with E-state index in [1.54, 1.807) is 0 Å². The summed E-state index contributed by atoms with van der Waals surface area (Å²) in [5.41, 5.74) is 0. The molecular weight excluding hydrogens is 126 g/mol. The third-order valence-electron chi connectivity index (χ3n) is 2.10. The molecule has 1 fully saturated rings. The molecule has 0 aromatic carbocycles. The van der Waals surface area contributed by atoms with Gasteiger partial charge in [-0.25, -0.2) is 0 Å². The predicted octanol–water partition coefficient (Wildman–Crippen LogP) is 1.32. The van der Waals surface area contributed by atoms with Gasteiger partial charge in [-0.05, 0) is 32.9 Å². The second-order valence-electron chi connectivity index (χ2n) is 3.42. The van der Waals surface area contributed by atoms with Crippen molar-refractivity contribution >= 4 is 0 Å². The van der Waals surface area contributed by atoms with Crippen LogP contribution in [0, 0.1) is 5.92 Å². The van der Waals surface area contributed by atoms with Gasteiger partial charge in [-0.1, -0.05) is 6.92 Å². The predicted molar refractivity (Wildman–Crippen MR) is 41.8 cm³/mol. The van der Waals surface area contributed by atoms with E-state index in [1.165, 1.54) is 12.8 Å². The number of hydrogen-bond acceptors (Lipinski definition) is 2. The normalized spacial score (nSPS) is 34.8. The molecule has 0 aliphatic carbocycles. The van der Waals surface area contributed by atoms with Gasteiger partial charge in [0.2, 0.25) is 0 Å². The van der Waals surface area contributed by atoms with E-state index in [4.69, 9.17) is 4.74 Å². The van der Waals surface area contributed by atoms with Gasteiger partial charge >= 0.3 is 0 Å². The fourth-order valence-corrected chi connectivity index (χ4v) is 1.30. The van der Waals surface area contributed by atoms with E-state index >= 15 is 0 Å². The highest BCUT2D eigenvalue weighted by molar-refractivity contribution is 4.65. The molecule has 1 heterocycles. The van der Waals surface area contributed by atoms with Gasteiger partial charge in [0.15, 0.2) is 0 Å². The third kappa shape index (κ3) is 1.96. The minimum Gasteiger partial charge on any atom is -0.363 e. The van der Waals surface area contributed by atoms with Crippen molar-refractivity contribution in [2.75, 3.05) is 20.7 Å². The molecule has 0 amide bonds. The summed E-state index contributed by atoms with van der Waals surface area (Å²) < 4.78 is 5.54. The molecule has 0 spiro atoms. The Hall–Kier alpha value is -0.0800. The SMILES string of the molecule is CC1CCOC(N(C)C)C1. The summed E-state index contributed by atoms with van der Waals surface area (Å²) >= 11 is 0. The molecule has 0 radical (unpaired) electrons. The monoisotopic (exact) mass is 143 g/mol. The largest absolute Gasteiger partial charge is 0.363 e. The molecule has 0 aromatic heterocycles. The van der Waals surface area contributed by atoms with E-state index in [0.717, 1.165) is 12.5 Å². The Bertz CT molecular complexity index is 103. The summed E-state index contributed by atoms with van der Waals surface area (Å²) in [6.07, 6.45) is 2.78. The number of ether oxygens (including phenoxy) is 1. The fraction of sp³-hybridized carbons (Fsp3) is 1.00. The Balaban J connectivity index is 2.32. The smallest absolute Gasteiger partial charge is 0.110 e. The summed E-state index contributed by atoms with van der Waals surface area (Å²) in [5.74, 6) is 0.834. The van der Waals surface area contributed by atoms with Crippen molar-refractivity contribution in [1.82, 2.24) is 4.90 Å². The van der Waals surface area contributed by atoms with Crippen molar-refractivity contribution in [1.29, 1.82) is 0 Å². The Kier molecular flexibility index (Phi) is 2.69. The summed E-state index contributed by atoms with van der Waals surface area (Å²) in [5, 5.41) is 0. The van der Waals surface area contributed by atoms with Crippen LogP contribution in [0.2, 0.25) is 0 Å². The Morgan fingerprint density at radius 3 is 2.50 bits per heavy atom. The third-order valence-corrected chi connectivity index (χ3v) is 2.10. The lowest BCUT2D eigenvalue weighted by molar-refractivity contribution is -0.0801. The van der Waals surface area contributed by atoms with Crippen LogP contribution in [-0.4, -0.2) is 31.8 Å². The van der Waals surface area contributed by atoms with Gasteiger partial charge in [-0.2, -0.15) is 0 Å². The number of hydrogen-bond donors (Lipinski definition) is 0. The highest BCUT2D eigenvalue weighted by atomic mass is 16.5. The standard InChI is InChI=1S/C8H17NO/c1-7-4-5-10-8(6-7)9(2)3/h7-8H,4-6H2,1-3H3. The average molecular weight is 143 g/mol. The van der Waals surface area contributed by atoms with Gasteiger partial charge < -0.3 is 4.74 Å². The van der Waals surface area contributed by atoms with E-state index in [-0.39, 0.29) is 0 Å². The van der Waals surface area contributed by atoms with Gasteiger partial charge in [0.25, 0.3) is 0 Å². The molecule has 60 valence electrons. The van der Waals surface area contributed by atoms with Gasteiger partial charge in [0.1, 0.15) is 6.23 Å². The van der Waals surface area contributed by atoms with Crippen LogP contribution < -0.4 is 0 Å². The maximum absolute atomic E-state index is 5.54. The van der Waals surface area contributed by atoms with E-state index in [2.05, 4.69) is 25.9 Å². The number of nitrogens with zero attached hydrogens (tertiary/aromatic N) is 1. The van der Waals surface area contributed by atoms with Gasteiger partial charge in [0.05, 0.1) is 0 Å². The van der Waals surface area contributed by atoms with E-state index in [1.807, 2.05) is 0 Å². The van der Waals surface area contributed by atoms with Crippen molar-refractivity contribution in [2.24, 2.45) is 5.92 Å². The molecular formula is C8H17NO. The van der Waals surface area contributed by atoms with E-state index < -0.39 is 0 Å². The molecule has 0 bridgehead atoms. The molecule has 10 heavy (non-hydrogen) atoms. The van der Waals surface area contributed by atoms with Gasteiger partial charge in [-0.3, -0.25) is 4.90 Å². The quantitative estimate of drug-likeness (QED) is 0.549. The maximum Gasteiger partial charge on any atom is 0.110 e. The summed E-state index contributed by atoms with van der Waals surface area (Å²) in [6, 6.07) is 0. The number of rotatable bonds is 1. The summed E-state index contributed by atoms with van der Waals surface area (Å²) in [6.45, 7) is 3.23. The molecule has 0 saturated carbocycles. The molecule has 0 aromatic rings. The second kappa shape index (κ2) is 3.35. The van der Waals surface area contributed by atoms with Crippen molar-refractivity contribution in [3.05, 3.63) is 0 Å². The van der Waals surface area contributed by atoms with Crippen LogP contribution in [0.3, 0.4) is 0 Å². The second-order valence-corrected chi connectivity index (χ2v) is 3.42. The molecule has 2 atom stereocenters. The lowest BCUT2D eigenvalue weighted by atomic mass is 10.0. The maximum atomic E-state index is 5.54. The highest BCUT2D eigenvalue weighted by Crippen LogP contribution is 2.19. The molecule has 1 rings (SSSR count). The first kappa shape index (κ1) is 8.02. The van der Waals surface area contributed by atoms with Crippen LogP contribution >= 0.6 is 0 Å². The topological polar surface area (TPSA) is 12.5 Å². The Morgan fingerprint density at radius 2 is 2.10 bits per heavy atom. The van der Waals surface area contributed by atoms with Crippen LogP contribution in [-0.2, 0) is 4.74 Å². The van der Waals surface area contributed by atoms with Gasteiger partial charge in [-0.15, -0.1) is 0 Å². The Labute approximate surface area is 63.2 Å². The van der Waals surface area contributed by atoms with Crippen LogP contribution in [0.25, 0.3) is 0 Å². The average Bonchev–Trinajstić information content (AvgIpc) is 1.88. The minimum atomic E-state index is 0.365. The minimum absolute atomic E-state index is 0.365. The molecule has 1 saturated heterocycles. The first-order valence-electron chi connectivity index (χ1n) is 3.98. The van der Waals surface area contributed by atoms with Gasteiger partial charge in [0, 0.05) is 6.61 Å². The van der Waals surface area contributed by atoms with Crippen LogP contribution in [0.15, 0.2) is 0 Å². The first-order chi connectivity index (χ1) is 4.70. The van der Waals surface area contributed by atoms with Crippen molar-refractivity contribution < 1.29 is 4.74 Å². The lowest BCUT2D eigenvalue weighted by Gasteiger charge is -2.31. The molecule has 1 aliphatic heterocycles. The van der Waals surface area contributed by atoms with Crippen LogP contribution in [0.4, 0.5) is 0 Å². The molecule has 1 aliphatic rings. The zero-order valence-electron chi connectivity index (χ0n) is 7.13. The van der Waals surface area contributed by atoms with Crippen molar-refractivity contribution in [3.8, 4) is 0 Å². The van der Waals surface area contributed by atoms with Crippen molar-refractivity contribution in [3.63, 3.8) is 0 Å². The molecule has 2 heteroatoms. The molecule has 2 unspecified atom stereocenters. The fourth-order valence-electron chi connectivity index (χ4n) is 1.30. The van der Waals surface area contributed by atoms with E-state index in [9.17, 15) is 0 Å². The summed E-state index contributed by atoms with van der Waals surface area (Å²) in [4.78, 5) is 2.15. The first-order valence-corrected chi connectivity index (χ1v) is 3.98. The van der Waals surface area contributed by atoms with E-state index in [0.29, 0.717) is 6.23 Å². The molecule has 0 N–H and O–H groups in total. The zero-order valence-corrected chi connectivity index (χ0v) is 7.13. The lowest BCUT2D eigenvalue weighted by Crippen LogP contribution is -2.36. The highest BCUT2D eigenvalue weighted by Gasteiger charge is 2.20. The summed E-state index contributed by atoms with van der Waals surface area (Å²) in [7, 11) is 4.14. The van der Waals surface area contributed by atoms with Crippen LogP contribution in [0.1, 0.15) is 19.8 Å². The van der Waals surface area contributed by atoms with Crippen LogP contribution in [0.5, 0.6) is 0 Å². The zero-order chi connectivity index (χ0) is 7.56. The van der Waals surface area contributed by atoms with Crippen molar-refractivity contribution in [2.45, 2.75) is 26.0 Å². The Morgan fingerprint density at radius 1 is 1.40 bits per heavy atom.